The number of aryl methyl sites for hydroxylation is 1. The summed E-state index contributed by atoms with van der Waals surface area (Å²) in [5, 5.41) is 9.78. The number of rotatable bonds is 9. The number of methoxy groups -OCH3 is 1. The largest absolute Gasteiger partial charge is 0.485 e. The minimum absolute atomic E-state index is 0.00145. The number of carboxylic acids is 1. The van der Waals surface area contributed by atoms with Crippen LogP contribution in [0.25, 0.3) is 11.1 Å². The first-order chi connectivity index (χ1) is 20.7. The van der Waals surface area contributed by atoms with Gasteiger partial charge in [-0.05, 0) is 98.1 Å². The second-order valence-electron chi connectivity index (χ2n) is 12.9. The molecule has 0 amide bonds. The molecule has 0 radical (unpaired) electrons. The summed E-state index contributed by atoms with van der Waals surface area (Å²) in [6, 6.07) is 15.2. The lowest BCUT2D eigenvalue weighted by atomic mass is 9.82. The molecule has 2 aromatic carbocycles. The maximum absolute atomic E-state index is 15.2. The number of pyridine rings is 1. The van der Waals surface area contributed by atoms with Gasteiger partial charge in [0.15, 0.2) is 0 Å². The Kier molecular flexibility index (Phi) is 8.45. The van der Waals surface area contributed by atoms with Crippen LogP contribution in [0.2, 0.25) is 0 Å². The number of aliphatic carboxylic acids is 1. The Labute approximate surface area is 254 Å². The van der Waals surface area contributed by atoms with E-state index < -0.39 is 11.9 Å². The zero-order valence-electron chi connectivity index (χ0n) is 25.7. The molecule has 1 N–H and O–H groups in total. The standard InChI is InChI=1S/C36H43FN2O4/c1-21-6-5-7-22(2)39(21)20-28-16-26(12-14-29(28)30-18-34(42-4)38-19-31(30)37)32-15-13-24-8-11-27(17-33(24)43-32)35(25-9-10-25)23(3)36(40)41/h8,11-12,14,16-19,21-23,25,32,35H,5-7,9-10,13,15,20H2,1-4H3,(H,40,41)/t21-,22-,23-,32-,35?/m0/s1. The summed E-state index contributed by atoms with van der Waals surface area (Å²) < 4.78 is 27.2. The van der Waals surface area contributed by atoms with Gasteiger partial charge in [0.25, 0.3) is 0 Å². The van der Waals surface area contributed by atoms with Crippen molar-refractivity contribution >= 4 is 5.97 Å². The number of hydrogen-bond acceptors (Lipinski definition) is 5. The minimum Gasteiger partial charge on any atom is -0.485 e. The number of fused-ring (bicyclic) bond motifs is 1. The molecule has 3 aromatic rings. The van der Waals surface area contributed by atoms with Crippen LogP contribution < -0.4 is 9.47 Å². The zero-order chi connectivity index (χ0) is 30.2. The maximum atomic E-state index is 15.2. The van der Waals surface area contributed by atoms with Crippen molar-refractivity contribution in [3.05, 3.63) is 76.7 Å². The first kappa shape index (κ1) is 29.6. The van der Waals surface area contributed by atoms with Crippen molar-refractivity contribution in [2.75, 3.05) is 7.11 Å². The van der Waals surface area contributed by atoms with E-state index in [-0.39, 0.29) is 17.8 Å². The summed E-state index contributed by atoms with van der Waals surface area (Å²) in [6.45, 7) is 7.12. The van der Waals surface area contributed by atoms with Crippen molar-refractivity contribution < 1.29 is 23.8 Å². The monoisotopic (exact) mass is 586 g/mol. The maximum Gasteiger partial charge on any atom is 0.306 e. The molecule has 0 spiro atoms. The molecule has 7 heteroatoms. The Bertz CT molecular complexity index is 1480. The van der Waals surface area contributed by atoms with Crippen LogP contribution in [0.15, 0.2) is 48.7 Å². The fourth-order valence-corrected chi connectivity index (χ4v) is 7.33. The van der Waals surface area contributed by atoms with Gasteiger partial charge in [-0.25, -0.2) is 9.37 Å². The van der Waals surface area contributed by atoms with Gasteiger partial charge in [-0.15, -0.1) is 0 Å². The lowest BCUT2D eigenvalue weighted by molar-refractivity contribution is -0.142. The smallest absolute Gasteiger partial charge is 0.306 e. The quantitative estimate of drug-likeness (QED) is 0.274. The molecule has 2 fully saturated rings. The molecule has 2 aliphatic heterocycles. The third-order valence-corrected chi connectivity index (χ3v) is 10.0. The highest BCUT2D eigenvalue weighted by atomic mass is 19.1. The van der Waals surface area contributed by atoms with Gasteiger partial charge >= 0.3 is 5.97 Å². The number of benzene rings is 2. The molecule has 1 unspecified atom stereocenters. The molecule has 0 bridgehead atoms. The van der Waals surface area contributed by atoms with E-state index in [1.165, 1.54) is 12.6 Å². The molecule has 1 aromatic heterocycles. The van der Waals surface area contributed by atoms with Gasteiger partial charge in [0.1, 0.15) is 17.7 Å². The number of aromatic nitrogens is 1. The van der Waals surface area contributed by atoms with E-state index in [1.807, 2.05) is 13.0 Å². The van der Waals surface area contributed by atoms with Crippen LogP contribution in [0.1, 0.15) is 93.6 Å². The molecule has 228 valence electrons. The van der Waals surface area contributed by atoms with Gasteiger partial charge in [0.2, 0.25) is 5.88 Å². The molecule has 1 saturated carbocycles. The number of carbonyl (C=O) groups is 1. The van der Waals surface area contributed by atoms with Gasteiger partial charge in [-0.1, -0.05) is 43.7 Å². The minimum atomic E-state index is -0.748. The lowest BCUT2D eigenvalue weighted by Gasteiger charge is -2.39. The molecular formula is C36H43FN2O4. The van der Waals surface area contributed by atoms with Crippen molar-refractivity contribution in [2.24, 2.45) is 11.8 Å². The van der Waals surface area contributed by atoms with Gasteiger partial charge in [0.05, 0.1) is 19.2 Å². The first-order valence-electron chi connectivity index (χ1n) is 15.8. The molecule has 3 heterocycles. The van der Waals surface area contributed by atoms with Crippen LogP contribution in [0, 0.1) is 17.7 Å². The normalized spacial score (nSPS) is 23.6. The van der Waals surface area contributed by atoms with E-state index in [1.54, 1.807) is 13.2 Å². The SMILES string of the molecule is COc1cc(-c2ccc([C@@H]3CCc4ccc(C(C5CC5)[C@H](C)C(=O)O)cc4O3)cc2CN2[C@@H](C)CCC[C@@H]2C)c(F)cn1. The van der Waals surface area contributed by atoms with Crippen LogP contribution in [0.3, 0.4) is 0 Å². The van der Waals surface area contributed by atoms with Crippen molar-refractivity contribution in [3.63, 3.8) is 0 Å². The topological polar surface area (TPSA) is 71.9 Å². The highest BCUT2D eigenvalue weighted by molar-refractivity contribution is 5.71. The van der Waals surface area contributed by atoms with Crippen molar-refractivity contribution in [3.8, 4) is 22.8 Å². The van der Waals surface area contributed by atoms with Gasteiger partial charge in [-0.2, -0.15) is 0 Å². The predicted molar refractivity (Wildman–Crippen MR) is 165 cm³/mol. The Hall–Kier alpha value is -3.45. The number of ether oxygens (including phenoxy) is 2. The van der Waals surface area contributed by atoms with Crippen LogP contribution in [0.4, 0.5) is 4.39 Å². The van der Waals surface area contributed by atoms with E-state index in [0.717, 1.165) is 78.6 Å². The molecular weight excluding hydrogens is 543 g/mol. The third kappa shape index (κ3) is 6.14. The molecule has 3 aliphatic rings. The summed E-state index contributed by atoms with van der Waals surface area (Å²) >= 11 is 0. The van der Waals surface area contributed by atoms with Crippen molar-refractivity contribution in [2.45, 2.75) is 96.4 Å². The molecule has 5 atom stereocenters. The highest BCUT2D eigenvalue weighted by Crippen LogP contribution is 2.48. The van der Waals surface area contributed by atoms with Crippen LogP contribution in [-0.2, 0) is 17.8 Å². The molecule has 1 saturated heterocycles. The van der Waals surface area contributed by atoms with E-state index in [0.29, 0.717) is 29.4 Å². The van der Waals surface area contributed by atoms with Crippen LogP contribution in [-0.4, -0.2) is 40.2 Å². The summed E-state index contributed by atoms with van der Waals surface area (Å²) in [5.74, 6) is 0.102. The number of likely N-dealkylation sites (tertiary alicyclic amines) is 1. The van der Waals surface area contributed by atoms with E-state index in [9.17, 15) is 9.90 Å². The molecule has 6 rings (SSSR count). The zero-order valence-corrected chi connectivity index (χ0v) is 25.7. The Morgan fingerprint density at radius 3 is 2.53 bits per heavy atom. The van der Waals surface area contributed by atoms with Crippen molar-refractivity contribution in [1.82, 2.24) is 9.88 Å². The molecule has 6 nitrogen and oxygen atoms in total. The summed E-state index contributed by atoms with van der Waals surface area (Å²) in [5.41, 5.74) is 5.70. The van der Waals surface area contributed by atoms with E-state index in [2.05, 4.69) is 54.1 Å². The van der Waals surface area contributed by atoms with Crippen molar-refractivity contribution in [1.29, 1.82) is 0 Å². The fourth-order valence-electron chi connectivity index (χ4n) is 7.33. The second kappa shape index (κ2) is 12.3. The molecule has 1 aliphatic carbocycles. The first-order valence-corrected chi connectivity index (χ1v) is 15.8. The lowest BCUT2D eigenvalue weighted by Crippen LogP contribution is -2.43. The Balaban J connectivity index is 1.34. The van der Waals surface area contributed by atoms with Gasteiger partial charge in [-0.3, -0.25) is 9.69 Å². The van der Waals surface area contributed by atoms with E-state index >= 15 is 4.39 Å². The predicted octanol–water partition coefficient (Wildman–Crippen LogP) is 7.94. The number of halogens is 1. The number of hydrogen-bond donors (Lipinski definition) is 1. The van der Waals surface area contributed by atoms with Crippen LogP contribution >= 0.6 is 0 Å². The average Bonchev–Trinajstić information content (AvgIpc) is 3.84. The number of carboxylic acid groups (broad SMARTS) is 1. The third-order valence-electron chi connectivity index (χ3n) is 10.0. The summed E-state index contributed by atoms with van der Waals surface area (Å²) in [4.78, 5) is 18.5. The number of nitrogens with zero attached hydrogens (tertiary/aromatic N) is 2. The van der Waals surface area contributed by atoms with Gasteiger partial charge < -0.3 is 14.6 Å². The molecule has 43 heavy (non-hydrogen) atoms. The summed E-state index contributed by atoms with van der Waals surface area (Å²) in [6.07, 6.45) is 8.52. The Morgan fingerprint density at radius 2 is 1.84 bits per heavy atom. The highest BCUT2D eigenvalue weighted by Gasteiger charge is 2.39. The van der Waals surface area contributed by atoms with Crippen LogP contribution in [0.5, 0.6) is 11.6 Å². The fraction of sp³-hybridized carbons (Fsp3) is 0.500. The van der Waals surface area contributed by atoms with E-state index in [4.69, 9.17) is 9.47 Å². The summed E-state index contributed by atoms with van der Waals surface area (Å²) in [7, 11) is 1.55. The second-order valence-corrected chi connectivity index (χ2v) is 12.9. The number of piperidine rings is 1. The van der Waals surface area contributed by atoms with Gasteiger partial charge in [0, 0.05) is 30.3 Å². The Morgan fingerprint density at radius 1 is 1.07 bits per heavy atom. The average molecular weight is 587 g/mol.